The van der Waals surface area contributed by atoms with Gasteiger partial charge < -0.3 is 19.7 Å². The Morgan fingerprint density at radius 2 is 1.95 bits per heavy atom. The summed E-state index contributed by atoms with van der Waals surface area (Å²) in [6, 6.07) is 0.0408. The van der Waals surface area contributed by atoms with Gasteiger partial charge in [0.2, 0.25) is 0 Å². The first-order valence-electron chi connectivity index (χ1n) is 7.12. The number of hydrogen-bond acceptors (Lipinski definition) is 5. The van der Waals surface area contributed by atoms with Crippen molar-refractivity contribution < 1.29 is 14.3 Å². The zero-order valence-electron chi connectivity index (χ0n) is 12.6. The number of methoxy groups -OCH3 is 2. The Morgan fingerprint density at radius 1 is 1.32 bits per heavy atom. The maximum atomic E-state index is 11.8. The fourth-order valence-corrected chi connectivity index (χ4v) is 2.57. The quantitative estimate of drug-likeness (QED) is 0.697. The summed E-state index contributed by atoms with van der Waals surface area (Å²) in [6.07, 6.45) is 2.28. The maximum absolute atomic E-state index is 11.8. The van der Waals surface area contributed by atoms with Crippen molar-refractivity contribution in [1.29, 1.82) is 0 Å². The van der Waals surface area contributed by atoms with Gasteiger partial charge in [-0.25, -0.2) is 0 Å². The molecule has 0 spiro atoms. The number of likely N-dealkylation sites (tertiary alicyclic amines) is 1. The van der Waals surface area contributed by atoms with Crippen LogP contribution in [0, 0.1) is 5.92 Å². The molecule has 0 aromatic rings. The van der Waals surface area contributed by atoms with E-state index in [1.165, 1.54) is 7.11 Å². The van der Waals surface area contributed by atoms with Gasteiger partial charge in [0.1, 0.15) is 6.04 Å². The van der Waals surface area contributed by atoms with E-state index in [2.05, 4.69) is 10.2 Å². The van der Waals surface area contributed by atoms with Gasteiger partial charge in [-0.2, -0.15) is 0 Å². The minimum atomic E-state index is -0.232. The van der Waals surface area contributed by atoms with Crippen molar-refractivity contribution in [2.45, 2.75) is 38.8 Å². The summed E-state index contributed by atoms with van der Waals surface area (Å²) in [5.74, 6) is 0.489. The Morgan fingerprint density at radius 3 is 2.42 bits per heavy atom. The lowest BCUT2D eigenvalue weighted by atomic mass is 9.97. The normalized spacial score (nSPS) is 19.6. The van der Waals surface area contributed by atoms with Crippen LogP contribution in [-0.2, 0) is 14.3 Å². The minimum Gasteiger partial charge on any atom is -0.468 e. The van der Waals surface area contributed by atoms with E-state index in [0.29, 0.717) is 5.92 Å². The second kappa shape index (κ2) is 8.51. The number of piperidine rings is 1. The predicted molar refractivity (Wildman–Crippen MR) is 75.1 cm³/mol. The summed E-state index contributed by atoms with van der Waals surface area (Å²) in [7, 11) is 3.20. The third-order valence-corrected chi connectivity index (χ3v) is 3.57. The Labute approximate surface area is 116 Å². The number of carbonyl (C=O) groups is 1. The van der Waals surface area contributed by atoms with Crippen molar-refractivity contribution in [3.63, 3.8) is 0 Å². The summed E-state index contributed by atoms with van der Waals surface area (Å²) < 4.78 is 10.1. The van der Waals surface area contributed by atoms with E-state index >= 15 is 0 Å². The van der Waals surface area contributed by atoms with E-state index < -0.39 is 0 Å². The first kappa shape index (κ1) is 16.4. The van der Waals surface area contributed by atoms with Crippen LogP contribution in [0.4, 0.5) is 0 Å². The van der Waals surface area contributed by atoms with Crippen LogP contribution in [-0.4, -0.2) is 63.4 Å². The molecule has 1 rings (SSSR count). The summed E-state index contributed by atoms with van der Waals surface area (Å²) in [6.45, 7) is 7.72. The fraction of sp³-hybridized carbons (Fsp3) is 0.929. The van der Waals surface area contributed by atoms with E-state index in [9.17, 15) is 4.79 Å². The van der Waals surface area contributed by atoms with Gasteiger partial charge in [-0.05, 0) is 31.8 Å². The number of carbonyl (C=O) groups excluding carboxylic acids is 1. The van der Waals surface area contributed by atoms with Crippen LogP contribution in [0.2, 0.25) is 0 Å². The van der Waals surface area contributed by atoms with E-state index in [1.54, 1.807) is 7.11 Å². The van der Waals surface area contributed by atoms with Gasteiger partial charge in [0.15, 0.2) is 0 Å². The van der Waals surface area contributed by atoms with Gasteiger partial charge in [-0.1, -0.05) is 13.8 Å². The van der Waals surface area contributed by atoms with E-state index in [0.717, 1.165) is 39.1 Å². The molecule has 1 unspecified atom stereocenters. The van der Waals surface area contributed by atoms with Crippen LogP contribution < -0.4 is 5.32 Å². The van der Waals surface area contributed by atoms with Gasteiger partial charge in [0.05, 0.1) is 7.11 Å². The first-order chi connectivity index (χ1) is 9.06. The van der Waals surface area contributed by atoms with Gasteiger partial charge in [-0.3, -0.25) is 4.79 Å². The average Bonchev–Trinajstić information content (AvgIpc) is 2.39. The van der Waals surface area contributed by atoms with Crippen LogP contribution in [0.15, 0.2) is 0 Å². The highest BCUT2D eigenvalue weighted by Gasteiger charge is 2.26. The van der Waals surface area contributed by atoms with E-state index in [4.69, 9.17) is 9.47 Å². The van der Waals surface area contributed by atoms with Crippen molar-refractivity contribution in [1.82, 2.24) is 10.2 Å². The molecule has 0 aromatic carbocycles. The van der Waals surface area contributed by atoms with Gasteiger partial charge in [0, 0.05) is 26.3 Å². The summed E-state index contributed by atoms with van der Waals surface area (Å²) in [5, 5.41) is 3.27. The molecular weight excluding hydrogens is 244 g/mol. The molecular formula is C14H28N2O3. The highest BCUT2D eigenvalue weighted by atomic mass is 16.5. The van der Waals surface area contributed by atoms with Gasteiger partial charge >= 0.3 is 5.97 Å². The molecule has 1 aliphatic heterocycles. The molecule has 1 heterocycles. The standard InChI is InChI=1S/C14H28N2O3/c1-11(2)15-13(14(17)19-4)9-16-7-5-12(6-8-16)10-18-3/h11-13,15H,5-10H2,1-4H3. The Bertz CT molecular complexity index is 263. The second-order valence-corrected chi connectivity index (χ2v) is 5.60. The number of ether oxygens (including phenoxy) is 2. The zero-order chi connectivity index (χ0) is 14.3. The van der Waals surface area contributed by atoms with Crippen LogP contribution in [0.5, 0.6) is 0 Å². The highest BCUT2D eigenvalue weighted by molar-refractivity contribution is 5.76. The van der Waals surface area contributed by atoms with Crippen LogP contribution in [0.3, 0.4) is 0 Å². The van der Waals surface area contributed by atoms with Crippen molar-refractivity contribution in [3.05, 3.63) is 0 Å². The monoisotopic (exact) mass is 272 g/mol. The smallest absolute Gasteiger partial charge is 0.324 e. The third kappa shape index (κ3) is 5.89. The molecule has 112 valence electrons. The Balaban J connectivity index is 2.40. The molecule has 0 amide bonds. The number of rotatable bonds is 7. The lowest BCUT2D eigenvalue weighted by Gasteiger charge is -2.34. The molecule has 1 saturated heterocycles. The molecule has 5 heteroatoms. The number of nitrogens with one attached hydrogen (secondary N) is 1. The maximum Gasteiger partial charge on any atom is 0.324 e. The van der Waals surface area contributed by atoms with Crippen molar-refractivity contribution in [3.8, 4) is 0 Å². The van der Waals surface area contributed by atoms with Crippen LogP contribution in [0.25, 0.3) is 0 Å². The van der Waals surface area contributed by atoms with Crippen LogP contribution in [0.1, 0.15) is 26.7 Å². The number of hydrogen-bond donors (Lipinski definition) is 1. The number of esters is 1. The van der Waals surface area contributed by atoms with Gasteiger partial charge in [0.25, 0.3) is 0 Å². The van der Waals surface area contributed by atoms with Crippen LogP contribution >= 0.6 is 0 Å². The molecule has 0 saturated carbocycles. The SMILES string of the molecule is COCC1CCN(CC(NC(C)C)C(=O)OC)CC1. The second-order valence-electron chi connectivity index (χ2n) is 5.60. The molecule has 1 atom stereocenters. The zero-order valence-corrected chi connectivity index (χ0v) is 12.6. The van der Waals surface area contributed by atoms with Crippen molar-refractivity contribution >= 4 is 5.97 Å². The van der Waals surface area contributed by atoms with E-state index in [-0.39, 0.29) is 18.1 Å². The molecule has 0 aliphatic carbocycles. The molecule has 1 aliphatic rings. The minimum absolute atomic E-state index is 0.173. The van der Waals surface area contributed by atoms with Crippen molar-refractivity contribution in [2.75, 3.05) is 40.5 Å². The van der Waals surface area contributed by atoms with E-state index in [1.807, 2.05) is 13.8 Å². The lowest BCUT2D eigenvalue weighted by Crippen LogP contribution is -2.50. The van der Waals surface area contributed by atoms with Gasteiger partial charge in [-0.15, -0.1) is 0 Å². The number of nitrogens with zero attached hydrogens (tertiary/aromatic N) is 1. The molecule has 0 radical (unpaired) electrons. The molecule has 1 fully saturated rings. The Kier molecular flexibility index (Phi) is 7.34. The third-order valence-electron chi connectivity index (χ3n) is 3.57. The predicted octanol–water partition coefficient (Wildman–Crippen LogP) is 0.884. The summed E-state index contributed by atoms with van der Waals surface area (Å²) in [5.41, 5.74) is 0. The molecule has 19 heavy (non-hydrogen) atoms. The summed E-state index contributed by atoms with van der Waals surface area (Å²) in [4.78, 5) is 14.1. The molecule has 1 N–H and O–H groups in total. The van der Waals surface area contributed by atoms with Crippen molar-refractivity contribution in [2.24, 2.45) is 5.92 Å². The average molecular weight is 272 g/mol. The fourth-order valence-electron chi connectivity index (χ4n) is 2.57. The first-order valence-corrected chi connectivity index (χ1v) is 7.12. The molecule has 5 nitrogen and oxygen atoms in total. The highest BCUT2D eigenvalue weighted by Crippen LogP contribution is 2.17. The topological polar surface area (TPSA) is 50.8 Å². The molecule has 0 bridgehead atoms. The lowest BCUT2D eigenvalue weighted by molar-refractivity contribution is -0.144. The Hall–Kier alpha value is -0.650. The largest absolute Gasteiger partial charge is 0.468 e. The summed E-state index contributed by atoms with van der Waals surface area (Å²) >= 11 is 0. The molecule has 0 aromatic heterocycles.